The van der Waals surface area contributed by atoms with Crippen molar-refractivity contribution in [2.45, 2.75) is 19.6 Å². The molecule has 158 valence electrons. The molecule has 6 heteroatoms. The molecule has 0 aliphatic carbocycles. The van der Waals surface area contributed by atoms with Crippen LogP contribution in [0.1, 0.15) is 16.7 Å². The van der Waals surface area contributed by atoms with Crippen LogP contribution in [-0.4, -0.2) is 33.8 Å². The van der Waals surface area contributed by atoms with Crippen molar-refractivity contribution in [3.63, 3.8) is 0 Å². The summed E-state index contributed by atoms with van der Waals surface area (Å²) in [5, 5.41) is 8.50. The second-order valence-corrected chi connectivity index (χ2v) is 8.24. The quantitative estimate of drug-likeness (QED) is 0.429. The molecular weight excluding hydrogens is 406 g/mol. The van der Waals surface area contributed by atoms with Crippen LogP contribution >= 0.6 is 11.6 Å². The first-order valence-corrected chi connectivity index (χ1v) is 10.6. The first kappa shape index (κ1) is 21.2. The van der Waals surface area contributed by atoms with Gasteiger partial charge in [0, 0.05) is 24.7 Å². The largest absolute Gasteiger partial charge is 0.309 e. The Morgan fingerprint density at radius 2 is 1.71 bits per heavy atom. The maximum Gasteiger partial charge on any atom is 0.138 e. The van der Waals surface area contributed by atoms with Crippen molar-refractivity contribution in [2.75, 3.05) is 14.1 Å². The molecule has 0 atom stereocenters. The third kappa shape index (κ3) is 5.39. The molecule has 1 heterocycles. The van der Waals surface area contributed by atoms with Gasteiger partial charge in [0.25, 0.3) is 0 Å². The second kappa shape index (κ2) is 9.88. The highest BCUT2D eigenvalue weighted by molar-refractivity contribution is 6.30. The van der Waals surface area contributed by atoms with Crippen molar-refractivity contribution in [3.05, 3.63) is 101 Å². The van der Waals surface area contributed by atoms with E-state index in [-0.39, 0.29) is 0 Å². The average molecular weight is 432 g/mol. The minimum absolute atomic E-state index is 0.678. The zero-order chi connectivity index (χ0) is 21.6. The molecule has 0 saturated carbocycles. The van der Waals surface area contributed by atoms with Crippen LogP contribution in [0.2, 0.25) is 5.02 Å². The molecule has 0 saturated heterocycles. The van der Waals surface area contributed by atoms with Gasteiger partial charge in [-0.05, 0) is 54.0 Å². The Morgan fingerprint density at radius 3 is 2.45 bits per heavy atom. The molecule has 1 N–H and O–H groups in total. The highest BCUT2D eigenvalue weighted by Gasteiger charge is 2.09. The van der Waals surface area contributed by atoms with Crippen LogP contribution in [0.3, 0.4) is 0 Å². The lowest BCUT2D eigenvalue weighted by Crippen LogP contribution is -2.15. The van der Waals surface area contributed by atoms with E-state index in [1.54, 1.807) is 11.0 Å². The van der Waals surface area contributed by atoms with E-state index < -0.39 is 0 Å². The molecule has 31 heavy (non-hydrogen) atoms. The fraction of sp³-hybridized carbons (Fsp3) is 0.200. The van der Waals surface area contributed by atoms with Crippen LogP contribution < -0.4 is 5.32 Å². The Bertz CT molecular complexity index is 1120. The Morgan fingerprint density at radius 1 is 0.935 bits per heavy atom. The Balaban J connectivity index is 1.49. The third-order valence-electron chi connectivity index (χ3n) is 5.12. The first-order chi connectivity index (χ1) is 15.1. The molecule has 0 bridgehead atoms. The van der Waals surface area contributed by atoms with Gasteiger partial charge in [-0.25, -0.2) is 9.67 Å². The van der Waals surface area contributed by atoms with Gasteiger partial charge in [0.05, 0.1) is 5.69 Å². The van der Waals surface area contributed by atoms with Crippen molar-refractivity contribution in [3.8, 4) is 16.8 Å². The lowest BCUT2D eigenvalue weighted by Gasteiger charge is -2.14. The number of halogens is 1. The van der Waals surface area contributed by atoms with Gasteiger partial charge in [-0.1, -0.05) is 66.2 Å². The maximum absolute atomic E-state index is 6.21. The molecule has 0 unspecified atom stereocenters. The molecule has 0 fully saturated rings. The highest BCUT2D eigenvalue weighted by Crippen LogP contribution is 2.25. The van der Waals surface area contributed by atoms with E-state index in [1.807, 2.05) is 18.2 Å². The number of hydrogen-bond donors (Lipinski definition) is 1. The van der Waals surface area contributed by atoms with Crippen LogP contribution in [0.15, 0.2) is 79.4 Å². The minimum atomic E-state index is 0.678. The topological polar surface area (TPSA) is 46.0 Å². The zero-order valence-corrected chi connectivity index (χ0v) is 18.5. The lowest BCUT2D eigenvalue weighted by atomic mass is 9.98. The van der Waals surface area contributed by atoms with E-state index in [1.165, 1.54) is 28.6 Å². The molecule has 0 aliphatic rings. The molecule has 0 spiro atoms. The molecule has 0 aliphatic heterocycles. The molecule has 4 aromatic rings. The fourth-order valence-electron chi connectivity index (χ4n) is 3.68. The fourth-order valence-corrected chi connectivity index (χ4v) is 3.84. The van der Waals surface area contributed by atoms with Gasteiger partial charge in [0.1, 0.15) is 12.7 Å². The number of nitrogens with one attached hydrogen (secondary N) is 1. The first-order valence-electron chi connectivity index (χ1n) is 10.3. The summed E-state index contributed by atoms with van der Waals surface area (Å²) < 4.78 is 1.74. The summed E-state index contributed by atoms with van der Waals surface area (Å²) in [6.07, 6.45) is 3.21. The Kier molecular flexibility index (Phi) is 6.77. The average Bonchev–Trinajstić information content (AvgIpc) is 3.30. The number of aromatic nitrogens is 3. The highest BCUT2D eigenvalue weighted by atomic mass is 35.5. The number of hydrogen-bond acceptors (Lipinski definition) is 4. The zero-order valence-electron chi connectivity index (χ0n) is 17.8. The summed E-state index contributed by atoms with van der Waals surface area (Å²) in [5.41, 5.74) is 7.10. The molecule has 0 amide bonds. The van der Waals surface area contributed by atoms with Crippen molar-refractivity contribution < 1.29 is 0 Å². The van der Waals surface area contributed by atoms with Crippen molar-refractivity contribution >= 4 is 11.6 Å². The summed E-state index contributed by atoms with van der Waals surface area (Å²) in [6, 6.07) is 23.2. The van der Waals surface area contributed by atoms with Gasteiger partial charge in [-0.15, -0.1) is 0 Å². The molecule has 4 rings (SSSR count). The standard InChI is InChI=1S/C25H26ClN5/c1-30(2)16-19-7-9-20(10-8-19)24-6-4-3-5-21(24)14-27-15-22-11-12-23(26)13-25(22)31-18-28-17-29-31/h3-13,17-18,27H,14-16H2,1-2H3. The summed E-state index contributed by atoms with van der Waals surface area (Å²) >= 11 is 6.21. The molecular formula is C25H26ClN5. The normalized spacial score (nSPS) is 11.2. The van der Waals surface area contributed by atoms with Gasteiger partial charge in [-0.2, -0.15) is 5.10 Å². The van der Waals surface area contributed by atoms with Gasteiger partial charge in [0.2, 0.25) is 0 Å². The number of rotatable bonds is 8. The van der Waals surface area contributed by atoms with Crippen molar-refractivity contribution in [2.24, 2.45) is 0 Å². The monoisotopic (exact) mass is 431 g/mol. The van der Waals surface area contributed by atoms with Crippen molar-refractivity contribution in [1.29, 1.82) is 0 Å². The second-order valence-electron chi connectivity index (χ2n) is 7.81. The van der Waals surface area contributed by atoms with Gasteiger partial charge >= 0.3 is 0 Å². The van der Waals surface area contributed by atoms with Gasteiger partial charge in [-0.3, -0.25) is 0 Å². The van der Waals surface area contributed by atoms with E-state index in [9.17, 15) is 0 Å². The van der Waals surface area contributed by atoms with Crippen molar-refractivity contribution in [1.82, 2.24) is 25.0 Å². The summed E-state index contributed by atoms with van der Waals surface area (Å²) in [7, 11) is 4.17. The van der Waals surface area contributed by atoms with Crippen LogP contribution in [-0.2, 0) is 19.6 Å². The van der Waals surface area contributed by atoms with Gasteiger partial charge < -0.3 is 10.2 Å². The number of benzene rings is 3. The summed E-state index contributed by atoms with van der Waals surface area (Å²) in [5.74, 6) is 0. The third-order valence-corrected chi connectivity index (χ3v) is 5.36. The van der Waals surface area contributed by atoms with E-state index >= 15 is 0 Å². The van der Waals surface area contributed by atoms with Crippen LogP contribution in [0.4, 0.5) is 0 Å². The maximum atomic E-state index is 6.21. The van der Waals surface area contributed by atoms with Crippen LogP contribution in [0, 0.1) is 0 Å². The molecule has 5 nitrogen and oxygen atoms in total. The van der Waals surface area contributed by atoms with E-state index in [0.29, 0.717) is 11.6 Å². The SMILES string of the molecule is CN(C)Cc1ccc(-c2ccccc2CNCc2ccc(Cl)cc2-n2cncn2)cc1. The lowest BCUT2D eigenvalue weighted by molar-refractivity contribution is 0.402. The van der Waals surface area contributed by atoms with Crippen LogP contribution in [0.25, 0.3) is 16.8 Å². The number of nitrogens with zero attached hydrogens (tertiary/aromatic N) is 4. The van der Waals surface area contributed by atoms with E-state index in [2.05, 4.69) is 82.9 Å². The van der Waals surface area contributed by atoms with Crippen LogP contribution in [0.5, 0.6) is 0 Å². The molecule has 1 aromatic heterocycles. The Hall–Kier alpha value is -2.99. The summed E-state index contributed by atoms with van der Waals surface area (Å²) in [6.45, 7) is 2.40. The predicted molar refractivity (Wildman–Crippen MR) is 126 cm³/mol. The Labute approximate surface area is 188 Å². The smallest absolute Gasteiger partial charge is 0.138 e. The molecule has 3 aromatic carbocycles. The van der Waals surface area contributed by atoms with E-state index in [4.69, 9.17) is 11.6 Å². The predicted octanol–water partition coefficient (Wildman–Crippen LogP) is 4.94. The molecule has 0 radical (unpaired) electrons. The van der Waals surface area contributed by atoms with Gasteiger partial charge in [0.15, 0.2) is 0 Å². The minimum Gasteiger partial charge on any atom is -0.309 e. The van der Waals surface area contributed by atoms with E-state index in [0.717, 1.165) is 24.3 Å². The summed E-state index contributed by atoms with van der Waals surface area (Å²) in [4.78, 5) is 6.23.